The van der Waals surface area contributed by atoms with Gasteiger partial charge < -0.3 is 28.1 Å². The van der Waals surface area contributed by atoms with E-state index in [0.717, 1.165) is 0 Å². The van der Waals surface area contributed by atoms with Gasteiger partial charge >= 0.3 is 0 Å². The van der Waals surface area contributed by atoms with Gasteiger partial charge in [0.1, 0.15) is 0 Å². The van der Waals surface area contributed by atoms with Crippen LogP contribution in [0, 0.1) is 5.21 Å². The Morgan fingerprint density at radius 2 is 1.60 bits per heavy atom. The van der Waals surface area contributed by atoms with Crippen LogP contribution < -0.4 is 27.8 Å². The summed E-state index contributed by atoms with van der Waals surface area (Å²) in [6.07, 6.45) is 1.22. The van der Waals surface area contributed by atoms with Crippen LogP contribution in [0.1, 0.15) is 0 Å². The van der Waals surface area contributed by atoms with Crippen LogP contribution in [0.3, 0.4) is 0 Å². The minimum atomic E-state index is 0.152. The van der Waals surface area contributed by atoms with Crippen LogP contribution in [0.25, 0.3) is 10.9 Å². The minimum absolute atomic E-state index is 0.152. The summed E-state index contributed by atoms with van der Waals surface area (Å²) >= 11 is 0. The van der Waals surface area contributed by atoms with Crippen molar-refractivity contribution in [2.45, 2.75) is 0 Å². The topological polar surface area (TPSA) is 144 Å². The number of anilines is 4. The second-order valence-electron chi connectivity index (χ2n) is 3.14. The standard InChI is InChI=1S/C8H10N6O/c9-4-3-1-2-14(15)13-8(3)7(12)6(11)5(4)10/h1-2H,9-12H2. The van der Waals surface area contributed by atoms with Crippen LogP contribution in [0.2, 0.25) is 0 Å². The Morgan fingerprint density at radius 1 is 1.00 bits per heavy atom. The highest BCUT2D eigenvalue weighted by Gasteiger charge is 2.14. The van der Waals surface area contributed by atoms with Gasteiger partial charge in [0.2, 0.25) is 6.20 Å². The van der Waals surface area contributed by atoms with Gasteiger partial charge in [-0.25, -0.2) is 0 Å². The van der Waals surface area contributed by atoms with Gasteiger partial charge in [-0.15, -0.1) is 0 Å². The molecule has 0 radical (unpaired) electrons. The first-order chi connectivity index (χ1) is 7.02. The molecule has 0 atom stereocenters. The Bertz CT molecular complexity index is 553. The number of nitrogens with zero attached hydrogens (tertiary/aromatic N) is 2. The predicted octanol–water partition coefficient (Wildman–Crippen LogP) is -0.803. The monoisotopic (exact) mass is 206 g/mol. The third kappa shape index (κ3) is 1.13. The summed E-state index contributed by atoms with van der Waals surface area (Å²) in [4.78, 5) is 0.383. The van der Waals surface area contributed by atoms with E-state index in [-0.39, 0.29) is 28.3 Å². The molecule has 78 valence electrons. The molecule has 0 spiro atoms. The second-order valence-corrected chi connectivity index (χ2v) is 3.14. The van der Waals surface area contributed by atoms with Crippen molar-refractivity contribution in [2.75, 3.05) is 22.9 Å². The highest BCUT2D eigenvalue weighted by atomic mass is 16.5. The molecule has 7 heteroatoms. The average molecular weight is 206 g/mol. The molecule has 0 aliphatic carbocycles. The first-order valence-electron chi connectivity index (χ1n) is 4.14. The number of nitrogen functional groups attached to an aromatic ring is 4. The van der Waals surface area contributed by atoms with Crippen molar-refractivity contribution in [2.24, 2.45) is 0 Å². The molecule has 7 nitrogen and oxygen atoms in total. The Balaban J connectivity index is 3.00. The molecular formula is C8H10N6O. The van der Waals surface area contributed by atoms with E-state index in [1.807, 2.05) is 0 Å². The van der Waals surface area contributed by atoms with Crippen molar-refractivity contribution in [1.82, 2.24) is 5.10 Å². The molecule has 0 bridgehead atoms. The van der Waals surface area contributed by atoms with Gasteiger partial charge in [-0.2, -0.15) is 0 Å². The number of rotatable bonds is 0. The molecule has 8 N–H and O–H groups in total. The lowest BCUT2D eigenvalue weighted by Gasteiger charge is -2.10. The summed E-state index contributed by atoms with van der Waals surface area (Å²) in [5.74, 6) is 0. The molecule has 1 heterocycles. The van der Waals surface area contributed by atoms with E-state index in [9.17, 15) is 5.21 Å². The molecule has 15 heavy (non-hydrogen) atoms. The third-order valence-corrected chi connectivity index (χ3v) is 2.24. The van der Waals surface area contributed by atoms with Crippen molar-refractivity contribution in [3.05, 3.63) is 17.5 Å². The van der Waals surface area contributed by atoms with E-state index >= 15 is 0 Å². The molecule has 0 fully saturated rings. The van der Waals surface area contributed by atoms with Crippen LogP contribution in [-0.2, 0) is 0 Å². The largest absolute Gasteiger partial charge is 0.594 e. The smallest absolute Gasteiger partial charge is 0.210 e. The third-order valence-electron chi connectivity index (χ3n) is 2.24. The van der Waals surface area contributed by atoms with Crippen molar-refractivity contribution in [3.63, 3.8) is 0 Å². The van der Waals surface area contributed by atoms with Crippen LogP contribution in [0.4, 0.5) is 22.7 Å². The highest BCUT2D eigenvalue weighted by molar-refractivity contribution is 6.09. The molecule has 0 saturated heterocycles. The predicted molar refractivity (Wildman–Crippen MR) is 58.4 cm³/mol. The number of fused-ring (bicyclic) bond motifs is 1. The first kappa shape index (κ1) is 9.13. The van der Waals surface area contributed by atoms with Gasteiger partial charge in [-0.1, -0.05) is 4.85 Å². The van der Waals surface area contributed by atoms with E-state index in [4.69, 9.17) is 22.9 Å². The van der Waals surface area contributed by atoms with Crippen molar-refractivity contribution >= 4 is 33.7 Å². The molecule has 1 aromatic carbocycles. The van der Waals surface area contributed by atoms with Gasteiger partial charge in [-0.05, 0) is 0 Å². The molecule has 0 saturated carbocycles. The summed E-state index contributed by atoms with van der Waals surface area (Å²) in [5.41, 5.74) is 23.7. The fraction of sp³-hybridized carbons (Fsp3) is 0. The lowest BCUT2D eigenvalue weighted by atomic mass is 10.1. The van der Waals surface area contributed by atoms with E-state index in [2.05, 4.69) is 5.10 Å². The normalized spacial score (nSPS) is 10.7. The average Bonchev–Trinajstić information content (AvgIpc) is 2.23. The lowest BCUT2D eigenvalue weighted by Crippen LogP contribution is -2.30. The number of hydrogen-bond acceptors (Lipinski definition) is 6. The number of nitrogens with two attached hydrogens (primary N) is 4. The molecule has 0 unspecified atom stereocenters. The number of benzene rings is 1. The summed E-state index contributed by atoms with van der Waals surface area (Å²) in [5, 5.41) is 15.2. The highest BCUT2D eigenvalue weighted by Crippen LogP contribution is 2.36. The van der Waals surface area contributed by atoms with Gasteiger partial charge in [0, 0.05) is 16.6 Å². The quantitative estimate of drug-likeness (QED) is 0.252. The maximum absolute atomic E-state index is 11.0. The Hall–Kier alpha value is -2.44. The van der Waals surface area contributed by atoms with Crippen molar-refractivity contribution in [3.8, 4) is 0 Å². The van der Waals surface area contributed by atoms with Crippen molar-refractivity contribution in [1.29, 1.82) is 0 Å². The van der Waals surface area contributed by atoms with Crippen LogP contribution >= 0.6 is 0 Å². The maximum atomic E-state index is 11.0. The Kier molecular flexibility index (Phi) is 1.69. The summed E-state index contributed by atoms with van der Waals surface area (Å²) < 4.78 is 0. The van der Waals surface area contributed by atoms with E-state index < -0.39 is 0 Å². The molecule has 2 aromatic rings. The second kappa shape index (κ2) is 2.77. The molecule has 0 aliphatic rings. The first-order valence-corrected chi connectivity index (χ1v) is 4.14. The molecule has 2 rings (SSSR count). The zero-order valence-electron chi connectivity index (χ0n) is 7.77. The molecule has 0 aliphatic heterocycles. The fourth-order valence-electron chi connectivity index (χ4n) is 1.38. The number of aromatic nitrogens is 2. The Morgan fingerprint density at radius 3 is 2.27 bits per heavy atom. The number of hydrogen-bond donors (Lipinski definition) is 4. The van der Waals surface area contributed by atoms with Gasteiger partial charge in [-0.3, -0.25) is 0 Å². The van der Waals surface area contributed by atoms with Crippen molar-refractivity contribution < 1.29 is 4.85 Å². The SMILES string of the molecule is Nc1c(N)c(N)c2n[n+]([O-])ccc2c1N. The van der Waals surface area contributed by atoms with E-state index in [0.29, 0.717) is 10.2 Å². The maximum Gasteiger partial charge on any atom is 0.210 e. The lowest BCUT2D eigenvalue weighted by molar-refractivity contribution is -0.666. The van der Waals surface area contributed by atoms with Crippen LogP contribution in [0.5, 0.6) is 0 Å². The van der Waals surface area contributed by atoms with Gasteiger partial charge in [0.15, 0.2) is 5.52 Å². The van der Waals surface area contributed by atoms with E-state index in [1.54, 1.807) is 0 Å². The van der Waals surface area contributed by atoms with Gasteiger partial charge in [0.05, 0.1) is 22.7 Å². The summed E-state index contributed by atoms with van der Waals surface area (Å²) in [6, 6.07) is 1.50. The summed E-state index contributed by atoms with van der Waals surface area (Å²) in [7, 11) is 0. The molecule has 0 amide bonds. The zero-order valence-corrected chi connectivity index (χ0v) is 7.77. The summed E-state index contributed by atoms with van der Waals surface area (Å²) in [6.45, 7) is 0. The van der Waals surface area contributed by atoms with Crippen LogP contribution in [-0.4, -0.2) is 5.10 Å². The fourth-order valence-corrected chi connectivity index (χ4v) is 1.38. The molecular weight excluding hydrogens is 196 g/mol. The van der Waals surface area contributed by atoms with Crippen LogP contribution in [0.15, 0.2) is 12.3 Å². The van der Waals surface area contributed by atoms with Gasteiger partial charge in [0.25, 0.3) is 0 Å². The van der Waals surface area contributed by atoms with E-state index in [1.165, 1.54) is 12.3 Å². The minimum Gasteiger partial charge on any atom is -0.594 e. The Labute approximate surface area is 84.8 Å². The zero-order chi connectivity index (χ0) is 11.2. The molecule has 1 aromatic heterocycles.